The molecule has 0 spiro atoms. The summed E-state index contributed by atoms with van der Waals surface area (Å²) in [6, 6.07) is 11.0. The van der Waals surface area contributed by atoms with Crippen LogP contribution in [0.5, 0.6) is 0 Å². The Kier molecular flexibility index (Phi) is 7.21. The van der Waals surface area contributed by atoms with Gasteiger partial charge in [-0.15, -0.1) is 11.3 Å². The number of para-hydroxylation sites is 1. The van der Waals surface area contributed by atoms with E-state index < -0.39 is 0 Å². The molecule has 0 amide bonds. The molecule has 0 saturated heterocycles. The van der Waals surface area contributed by atoms with Gasteiger partial charge in [0.25, 0.3) is 0 Å². The van der Waals surface area contributed by atoms with Crippen molar-refractivity contribution in [3.8, 4) is 0 Å². The van der Waals surface area contributed by atoms with E-state index in [1.54, 1.807) is 11.3 Å². The van der Waals surface area contributed by atoms with E-state index in [0.29, 0.717) is 11.2 Å². The number of rotatable bonds is 7. The van der Waals surface area contributed by atoms with Gasteiger partial charge in [0.05, 0.1) is 6.04 Å². The molecule has 0 radical (unpaired) electrons. The molecule has 1 aromatic carbocycles. The van der Waals surface area contributed by atoms with Gasteiger partial charge in [0.15, 0.2) is 5.11 Å². The van der Waals surface area contributed by atoms with Crippen LogP contribution in [0.4, 0.5) is 5.69 Å². The number of nitrogens with zero attached hydrogens (tertiary/aromatic N) is 1. The van der Waals surface area contributed by atoms with Gasteiger partial charge in [-0.2, -0.15) is 0 Å². The molecule has 2 rings (SSSR count). The molecule has 1 atom stereocenters. The van der Waals surface area contributed by atoms with Gasteiger partial charge >= 0.3 is 0 Å². The Labute approximate surface area is 155 Å². The fraction of sp³-hybridized carbons (Fsp3) is 0.421. The molecule has 2 N–H and O–H groups in total. The smallest absolute Gasteiger partial charge is 0.170 e. The molecule has 0 saturated carbocycles. The van der Waals surface area contributed by atoms with Crippen molar-refractivity contribution in [1.82, 2.24) is 10.2 Å². The number of anilines is 1. The molecule has 2 aromatic rings. The highest BCUT2D eigenvalue weighted by Gasteiger charge is 2.16. The molecule has 0 aliphatic rings. The van der Waals surface area contributed by atoms with Gasteiger partial charge in [-0.25, -0.2) is 0 Å². The highest BCUT2D eigenvalue weighted by molar-refractivity contribution is 7.80. The summed E-state index contributed by atoms with van der Waals surface area (Å²) >= 11 is 7.33. The first-order chi connectivity index (χ1) is 11.6. The van der Waals surface area contributed by atoms with Crippen LogP contribution < -0.4 is 10.6 Å². The summed E-state index contributed by atoms with van der Waals surface area (Å²) in [6.07, 6.45) is 1.99. The van der Waals surface area contributed by atoms with Gasteiger partial charge in [-0.3, -0.25) is 0 Å². The fourth-order valence-electron chi connectivity index (χ4n) is 2.77. The van der Waals surface area contributed by atoms with Gasteiger partial charge in [0.1, 0.15) is 0 Å². The van der Waals surface area contributed by atoms with E-state index in [4.69, 9.17) is 12.2 Å². The lowest BCUT2D eigenvalue weighted by Gasteiger charge is -2.25. The summed E-state index contributed by atoms with van der Waals surface area (Å²) in [6.45, 7) is 5.14. The highest BCUT2D eigenvalue weighted by Crippen LogP contribution is 2.24. The van der Waals surface area contributed by atoms with E-state index in [-0.39, 0.29) is 0 Å². The molecule has 1 aromatic heterocycles. The lowest BCUT2D eigenvalue weighted by atomic mass is 10.0. The number of thiophene rings is 1. The molecule has 0 aliphatic carbocycles. The quantitative estimate of drug-likeness (QED) is 0.712. The third-order valence-corrected chi connectivity index (χ3v) is 5.41. The zero-order valence-corrected chi connectivity index (χ0v) is 16.6. The maximum absolute atomic E-state index is 5.55. The highest BCUT2D eigenvalue weighted by atomic mass is 32.1. The first kappa shape index (κ1) is 18.9. The Balaban J connectivity index is 2.03. The van der Waals surface area contributed by atoms with Gasteiger partial charge in [0.2, 0.25) is 0 Å². The van der Waals surface area contributed by atoms with Crippen molar-refractivity contribution in [2.24, 2.45) is 0 Å². The second kappa shape index (κ2) is 9.16. The van der Waals surface area contributed by atoms with Gasteiger partial charge < -0.3 is 15.5 Å². The molecule has 1 heterocycles. The molecule has 5 heteroatoms. The molecule has 3 nitrogen and oxygen atoms in total. The van der Waals surface area contributed by atoms with E-state index in [0.717, 1.165) is 25.1 Å². The minimum Gasteiger partial charge on any atom is -0.360 e. The van der Waals surface area contributed by atoms with E-state index in [1.807, 2.05) is 0 Å². The SMILES string of the molecule is CCc1cccc(CC)c1NC(=S)NC[C@H](c1cccs1)N(C)C. The molecule has 0 unspecified atom stereocenters. The van der Waals surface area contributed by atoms with Gasteiger partial charge in [-0.05, 0) is 61.7 Å². The number of benzene rings is 1. The fourth-order valence-corrected chi connectivity index (χ4v) is 3.88. The van der Waals surface area contributed by atoms with Crippen molar-refractivity contribution in [1.29, 1.82) is 0 Å². The van der Waals surface area contributed by atoms with E-state index >= 15 is 0 Å². The van der Waals surface area contributed by atoms with E-state index in [1.165, 1.54) is 16.0 Å². The normalized spacial score (nSPS) is 12.2. The van der Waals surface area contributed by atoms with Crippen molar-refractivity contribution in [2.75, 3.05) is 26.0 Å². The minimum absolute atomic E-state index is 0.316. The van der Waals surface area contributed by atoms with E-state index in [9.17, 15) is 0 Å². The van der Waals surface area contributed by atoms with Crippen molar-refractivity contribution in [3.63, 3.8) is 0 Å². The lowest BCUT2D eigenvalue weighted by Crippen LogP contribution is -2.36. The van der Waals surface area contributed by atoms with Crippen LogP contribution >= 0.6 is 23.6 Å². The molecule has 0 bridgehead atoms. The summed E-state index contributed by atoms with van der Waals surface area (Å²) in [5, 5.41) is 9.62. The third-order valence-electron chi connectivity index (χ3n) is 4.19. The number of likely N-dealkylation sites (N-methyl/N-ethyl adjacent to an activating group) is 1. The Bertz CT molecular complexity index is 628. The van der Waals surface area contributed by atoms with Crippen LogP contribution in [0.2, 0.25) is 0 Å². The number of hydrogen-bond acceptors (Lipinski definition) is 3. The average molecular weight is 362 g/mol. The van der Waals surface area contributed by atoms with Crippen LogP contribution in [0.25, 0.3) is 0 Å². The zero-order valence-electron chi connectivity index (χ0n) is 14.9. The molecular formula is C19H27N3S2. The Morgan fingerprint density at radius 2 is 1.79 bits per heavy atom. The van der Waals surface area contributed by atoms with Crippen LogP contribution in [0.3, 0.4) is 0 Å². The summed E-state index contributed by atoms with van der Waals surface area (Å²) in [4.78, 5) is 3.57. The minimum atomic E-state index is 0.316. The molecule has 0 aliphatic heterocycles. The van der Waals surface area contributed by atoms with Gasteiger partial charge in [-0.1, -0.05) is 38.1 Å². The first-order valence-electron chi connectivity index (χ1n) is 8.42. The van der Waals surface area contributed by atoms with Crippen molar-refractivity contribution in [3.05, 3.63) is 51.7 Å². The average Bonchev–Trinajstić information content (AvgIpc) is 3.09. The summed E-state index contributed by atoms with van der Waals surface area (Å²) in [7, 11) is 4.20. The molecule has 0 fully saturated rings. The number of aryl methyl sites for hydroxylation is 2. The van der Waals surface area contributed by atoms with Crippen LogP contribution in [0.1, 0.15) is 35.9 Å². The summed E-state index contributed by atoms with van der Waals surface area (Å²) in [5.74, 6) is 0. The Morgan fingerprint density at radius 3 is 2.29 bits per heavy atom. The first-order valence-corrected chi connectivity index (χ1v) is 9.71. The van der Waals surface area contributed by atoms with Crippen LogP contribution in [-0.4, -0.2) is 30.7 Å². The van der Waals surface area contributed by atoms with E-state index in [2.05, 4.69) is 79.2 Å². The van der Waals surface area contributed by atoms with Crippen LogP contribution in [0.15, 0.2) is 35.7 Å². The second-order valence-corrected chi connectivity index (χ2v) is 7.38. The molecule has 24 heavy (non-hydrogen) atoms. The van der Waals surface area contributed by atoms with Gasteiger partial charge in [0, 0.05) is 17.1 Å². The molecular weight excluding hydrogens is 334 g/mol. The van der Waals surface area contributed by atoms with Crippen molar-refractivity contribution >= 4 is 34.4 Å². The monoisotopic (exact) mass is 361 g/mol. The van der Waals surface area contributed by atoms with Crippen LogP contribution in [0, 0.1) is 0 Å². The van der Waals surface area contributed by atoms with Crippen LogP contribution in [-0.2, 0) is 12.8 Å². The predicted octanol–water partition coefficient (Wildman–Crippen LogP) is 4.46. The Morgan fingerprint density at radius 1 is 1.12 bits per heavy atom. The standard InChI is InChI=1S/C19H27N3S2/c1-5-14-9-7-10-15(6-2)18(14)21-19(23)20-13-16(22(3)4)17-11-8-12-24-17/h7-12,16H,5-6,13H2,1-4H3,(H2,20,21,23)/t16-/m1/s1. The second-order valence-electron chi connectivity index (χ2n) is 5.99. The van der Waals surface area contributed by atoms with Crippen molar-refractivity contribution in [2.45, 2.75) is 32.7 Å². The largest absolute Gasteiger partial charge is 0.360 e. The Hall–Kier alpha value is -1.43. The maximum atomic E-state index is 5.55. The zero-order chi connectivity index (χ0) is 17.5. The predicted molar refractivity (Wildman–Crippen MR) is 110 cm³/mol. The topological polar surface area (TPSA) is 27.3 Å². The number of hydrogen-bond donors (Lipinski definition) is 2. The maximum Gasteiger partial charge on any atom is 0.170 e. The number of thiocarbonyl (C=S) groups is 1. The summed E-state index contributed by atoms with van der Waals surface area (Å²) < 4.78 is 0. The summed E-state index contributed by atoms with van der Waals surface area (Å²) in [5.41, 5.74) is 3.78. The lowest BCUT2D eigenvalue weighted by molar-refractivity contribution is 0.303. The third kappa shape index (κ3) is 4.79. The molecule has 130 valence electrons. The van der Waals surface area contributed by atoms with Crippen molar-refractivity contribution < 1.29 is 0 Å². The number of nitrogens with one attached hydrogen (secondary N) is 2.